The van der Waals surface area contributed by atoms with E-state index in [9.17, 15) is 14.3 Å². The lowest BCUT2D eigenvalue weighted by molar-refractivity contribution is 0.0696. The minimum atomic E-state index is -1.11. The summed E-state index contributed by atoms with van der Waals surface area (Å²) in [7, 11) is 0. The summed E-state index contributed by atoms with van der Waals surface area (Å²) in [5.41, 5.74) is 0.548. The Balaban J connectivity index is 2.23. The first-order chi connectivity index (χ1) is 9.11. The van der Waals surface area contributed by atoms with Crippen LogP contribution in [-0.4, -0.2) is 36.9 Å². The summed E-state index contributed by atoms with van der Waals surface area (Å²) in [5, 5.41) is 9.17. The van der Waals surface area contributed by atoms with Crippen LogP contribution >= 0.6 is 0 Å². The van der Waals surface area contributed by atoms with Crippen LogP contribution in [0.4, 0.5) is 10.1 Å². The normalized spacial score (nSPS) is 18.5. The van der Waals surface area contributed by atoms with Gasteiger partial charge < -0.3 is 14.7 Å². The van der Waals surface area contributed by atoms with Crippen LogP contribution in [0.3, 0.4) is 0 Å². The molecule has 104 valence electrons. The lowest BCUT2D eigenvalue weighted by atomic mass is 10.1. The zero-order valence-electron chi connectivity index (χ0n) is 10.9. The van der Waals surface area contributed by atoms with Crippen LogP contribution in [0, 0.1) is 5.82 Å². The lowest BCUT2D eigenvalue weighted by Gasteiger charge is -2.27. The van der Waals surface area contributed by atoms with Crippen LogP contribution in [0.15, 0.2) is 18.2 Å². The summed E-state index contributed by atoms with van der Waals surface area (Å²) < 4.78 is 18.7. The first-order valence-electron chi connectivity index (χ1n) is 6.51. The van der Waals surface area contributed by atoms with Crippen molar-refractivity contribution in [2.24, 2.45) is 0 Å². The minimum Gasteiger partial charge on any atom is -0.478 e. The summed E-state index contributed by atoms with van der Waals surface area (Å²) in [6.45, 7) is 4.01. The number of aromatic carboxylic acids is 1. The molecule has 0 aliphatic carbocycles. The van der Waals surface area contributed by atoms with Gasteiger partial charge in [-0.1, -0.05) is 0 Å². The summed E-state index contributed by atoms with van der Waals surface area (Å²) in [5.74, 6) is -1.64. The molecule has 1 unspecified atom stereocenters. The number of halogens is 1. The summed E-state index contributed by atoms with van der Waals surface area (Å²) in [6, 6.07) is 3.88. The van der Waals surface area contributed by atoms with Crippen molar-refractivity contribution >= 4 is 11.7 Å². The van der Waals surface area contributed by atoms with Crippen LogP contribution in [0.5, 0.6) is 0 Å². The number of carboxylic acids is 1. The number of nitrogens with zero attached hydrogens (tertiary/aromatic N) is 1. The van der Waals surface area contributed by atoms with E-state index in [0.29, 0.717) is 18.8 Å². The number of anilines is 1. The first-order valence-corrected chi connectivity index (χ1v) is 6.51. The fourth-order valence-corrected chi connectivity index (χ4v) is 2.39. The quantitative estimate of drug-likeness (QED) is 0.890. The van der Waals surface area contributed by atoms with Crippen molar-refractivity contribution in [3.8, 4) is 0 Å². The van der Waals surface area contributed by atoms with E-state index in [-0.39, 0.29) is 11.7 Å². The van der Waals surface area contributed by atoms with Gasteiger partial charge in [-0.15, -0.1) is 0 Å². The molecular weight excluding hydrogens is 249 g/mol. The Morgan fingerprint density at radius 2 is 2.37 bits per heavy atom. The second-order valence-corrected chi connectivity index (χ2v) is 4.64. The van der Waals surface area contributed by atoms with E-state index < -0.39 is 11.8 Å². The summed E-state index contributed by atoms with van der Waals surface area (Å²) in [4.78, 5) is 13.1. The Morgan fingerprint density at radius 3 is 2.95 bits per heavy atom. The predicted molar refractivity (Wildman–Crippen MR) is 70.2 cm³/mol. The van der Waals surface area contributed by atoms with Crippen LogP contribution < -0.4 is 4.90 Å². The second-order valence-electron chi connectivity index (χ2n) is 4.64. The second kappa shape index (κ2) is 6.02. The highest BCUT2D eigenvalue weighted by molar-refractivity contribution is 5.94. The molecule has 1 saturated heterocycles. The number of hydrogen-bond acceptors (Lipinski definition) is 3. The number of rotatable bonds is 5. The number of hydrogen-bond donors (Lipinski definition) is 1. The van der Waals surface area contributed by atoms with Crippen molar-refractivity contribution < 1.29 is 19.0 Å². The maximum atomic E-state index is 13.2. The lowest BCUT2D eigenvalue weighted by Crippen LogP contribution is -2.33. The first kappa shape index (κ1) is 13.8. The Morgan fingerprint density at radius 1 is 1.58 bits per heavy atom. The van der Waals surface area contributed by atoms with Crippen LogP contribution in [-0.2, 0) is 4.74 Å². The molecule has 1 aliphatic rings. The van der Waals surface area contributed by atoms with E-state index >= 15 is 0 Å². The summed E-state index contributed by atoms with van der Waals surface area (Å²) in [6.07, 6.45) is 2.16. The maximum absolute atomic E-state index is 13.2. The van der Waals surface area contributed by atoms with Gasteiger partial charge in [0.1, 0.15) is 5.82 Å². The average Bonchev–Trinajstić information content (AvgIpc) is 2.89. The van der Waals surface area contributed by atoms with Crippen molar-refractivity contribution in [3.63, 3.8) is 0 Å². The fraction of sp³-hybridized carbons (Fsp3) is 0.500. The monoisotopic (exact) mass is 267 g/mol. The molecule has 1 aromatic rings. The van der Waals surface area contributed by atoms with E-state index in [2.05, 4.69) is 0 Å². The molecule has 1 N–H and O–H groups in total. The van der Waals surface area contributed by atoms with Gasteiger partial charge >= 0.3 is 5.97 Å². The van der Waals surface area contributed by atoms with Gasteiger partial charge in [-0.2, -0.15) is 0 Å². The highest BCUT2D eigenvalue weighted by atomic mass is 19.1. The van der Waals surface area contributed by atoms with E-state index in [4.69, 9.17) is 4.74 Å². The van der Waals surface area contributed by atoms with Gasteiger partial charge in [-0.25, -0.2) is 9.18 Å². The molecule has 1 heterocycles. The largest absolute Gasteiger partial charge is 0.478 e. The van der Waals surface area contributed by atoms with E-state index in [0.717, 1.165) is 25.5 Å². The average molecular weight is 267 g/mol. The highest BCUT2D eigenvalue weighted by Crippen LogP contribution is 2.24. The topological polar surface area (TPSA) is 49.8 Å². The van der Waals surface area contributed by atoms with Crippen molar-refractivity contribution in [3.05, 3.63) is 29.6 Å². The molecule has 1 fully saturated rings. The third kappa shape index (κ3) is 3.23. The van der Waals surface area contributed by atoms with Gasteiger partial charge in [0.05, 0.1) is 17.4 Å². The molecule has 2 rings (SSSR count). The SMILES string of the molecule is CCN(CC1CCCO1)c1ccc(F)cc1C(=O)O. The molecule has 5 heteroatoms. The van der Waals surface area contributed by atoms with Gasteiger partial charge in [0.25, 0.3) is 0 Å². The fourth-order valence-electron chi connectivity index (χ4n) is 2.39. The number of carboxylic acid groups (broad SMARTS) is 1. The number of ether oxygens (including phenoxy) is 1. The molecule has 4 nitrogen and oxygen atoms in total. The van der Waals surface area contributed by atoms with Crippen molar-refractivity contribution in [1.82, 2.24) is 0 Å². The van der Waals surface area contributed by atoms with E-state index in [1.807, 2.05) is 11.8 Å². The molecule has 0 amide bonds. The molecule has 1 atom stereocenters. The van der Waals surface area contributed by atoms with Crippen molar-refractivity contribution in [2.75, 3.05) is 24.6 Å². The van der Waals surface area contributed by atoms with Crippen molar-refractivity contribution in [1.29, 1.82) is 0 Å². The molecule has 1 aromatic carbocycles. The van der Waals surface area contributed by atoms with Gasteiger partial charge in [0.2, 0.25) is 0 Å². The third-order valence-corrected chi connectivity index (χ3v) is 3.36. The Hall–Kier alpha value is -1.62. The maximum Gasteiger partial charge on any atom is 0.337 e. The van der Waals surface area contributed by atoms with Gasteiger partial charge in [-0.05, 0) is 38.0 Å². The molecule has 0 aromatic heterocycles. The third-order valence-electron chi connectivity index (χ3n) is 3.36. The Kier molecular flexibility index (Phi) is 4.37. The van der Waals surface area contributed by atoms with E-state index in [1.54, 1.807) is 0 Å². The number of benzene rings is 1. The highest BCUT2D eigenvalue weighted by Gasteiger charge is 2.22. The Labute approximate surface area is 111 Å². The van der Waals surface area contributed by atoms with Crippen LogP contribution in [0.2, 0.25) is 0 Å². The van der Waals surface area contributed by atoms with Gasteiger partial charge in [-0.3, -0.25) is 0 Å². The smallest absolute Gasteiger partial charge is 0.337 e. The molecule has 1 aliphatic heterocycles. The molecule has 0 bridgehead atoms. The van der Waals surface area contributed by atoms with Crippen LogP contribution in [0.25, 0.3) is 0 Å². The molecular formula is C14H18FNO3. The number of carbonyl (C=O) groups is 1. The van der Waals surface area contributed by atoms with Crippen LogP contribution in [0.1, 0.15) is 30.1 Å². The number of likely N-dealkylation sites (N-methyl/N-ethyl adjacent to an activating group) is 1. The summed E-state index contributed by atoms with van der Waals surface area (Å²) >= 11 is 0. The van der Waals surface area contributed by atoms with E-state index in [1.165, 1.54) is 12.1 Å². The zero-order chi connectivity index (χ0) is 13.8. The zero-order valence-corrected chi connectivity index (χ0v) is 10.9. The molecule has 19 heavy (non-hydrogen) atoms. The predicted octanol–water partition coefficient (Wildman–Crippen LogP) is 2.53. The minimum absolute atomic E-state index is 0.000142. The molecule has 0 spiro atoms. The van der Waals surface area contributed by atoms with Crippen molar-refractivity contribution in [2.45, 2.75) is 25.9 Å². The van der Waals surface area contributed by atoms with Gasteiger partial charge in [0, 0.05) is 19.7 Å². The van der Waals surface area contributed by atoms with Gasteiger partial charge in [0.15, 0.2) is 0 Å². The standard InChI is InChI=1S/C14H18FNO3/c1-2-16(9-11-4-3-7-19-11)13-6-5-10(15)8-12(13)14(17)18/h5-6,8,11H,2-4,7,9H2,1H3,(H,17,18). The molecule has 0 saturated carbocycles. The molecule has 0 radical (unpaired) electrons. The Bertz CT molecular complexity index is 458.